The summed E-state index contributed by atoms with van der Waals surface area (Å²) < 4.78 is 20.8. The van der Waals surface area contributed by atoms with Crippen LogP contribution in [0.1, 0.15) is 18.2 Å². The van der Waals surface area contributed by atoms with Crippen molar-refractivity contribution in [3.8, 4) is 11.5 Å². The van der Waals surface area contributed by atoms with Gasteiger partial charge in [-0.05, 0) is 30.2 Å². The van der Waals surface area contributed by atoms with Gasteiger partial charge in [0.25, 0.3) is 0 Å². The van der Waals surface area contributed by atoms with E-state index in [1.807, 2.05) is 10.8 Å². The third kappa shape index (κ3) is 3.80. The number of hydrogen-bond acceptors (Lipinski definition) is 6. The summed E-state index contributed by atoms with van der Waals surface area (Å²) in [6, 6.07) is 6.80. The number of aryl methyl sites for hydroxylation is 1. The highest BCUT2D eigenvalue weighted by Crippen LogP contribution is 2.20. The van der Waals surface area contributed by atoms with E-state index < -0.39 is 5.95 Å². The highest BCUT2D eigenvalue weighted by molar-refractivity contribution is 5.49. The van der Waals surface area contributed by atoms with Crippen molar-refractivity contribution in [3.63, 3.8) is 0 Å². The fourth-order valence-electron chi connectivity index (χ4n) is 3.19. The highest BCUT2D eigenvalue weighted by Gasteiger charge is 2.16. The van der Waals surface area contributed by atoms with Crippen molar-refractivity contribution >= 4 is 5.82 Å². The van der Waals surface area contributed by atoms with Crippen molar-refractivity contribution in [2.75, 3.05) is 31.2 Å². The van der Waals surface area contributed by atoms with Gasteiger partial charge in [-0.1, -0.05) is 13.0 Å². The highest BCUT2D eigenvalue weighted by atomic mass is 19.1. The van der Waals surface area contributed by atoms with E-state index in [2.05, 4.69) is 38.1 Å². The zero-order chi connectivity index (χ0) is 18.6. The van der Waals surface area contributed by atoms with Crippen LogP contribution in [0.25, 0.3) is 11.5 Å². The van der Waals surface area contributed by atoms with E-state index in [0.29, 0.717) is 31.3 Å². The Hall–Kier alpha value is -2.87. The smallest absolute Gasteiger partial charge is 0.213 e. The Balaban J connectivity index is 1.61. The van der Waals surface area contributed by atoms with Gasteiger partial charge in [-0.15, -0.1) is 5.10 Å². The predicted octanol–water partition coefficient (Wildman–Crippen LogP) is 2.32. The molecule has 0 aromatic carbocycles. The topological polar surface area (TPSA) is 69.0 Å². The van der Waals surface area contributed by atoms with Gasteiger partial charge >= 0.3 is 0 Å². The number of morpholine rings is 1. The van der Waals surface area contributed by atoms with E-state index >= 15 is 0 Å². The Labute approximate surface area is 156 Å². The second-order valence-corrected chi connectivity index (χ2v) is 6.35. The van der Waals surface area contributed by atoms with E-state index in [1.54, 1.807) is 18.3 Å². The van der Waals surface area contributed by atoms with Gasteiger partial charge in [0.1, 0.15) is 5.69 Å². The van der Waals surface area contributed by atoms with Crippen molar-refractivity contribution in [2.24, 2.45) is 0 Å². The summed E-state index contributed by atoms with van der Waals surface area (Å²) in [4.78, 5) is 10.5. The minimum atomic E-state index is -0.522. The van der Waals surface area contributed by atoms with Crippen molar-refractivity contribution in [3.05, 3.63) is 53.9 Å². The molecule has 0 spiro atoms. The predicted molar refractivity (Wildman–Crippen MR) is 99.0 cm³/mol. The van der Waals surface area contributed by atoms with E-state index in [0.717, 1.165) is 36.6 Å². The quantitative estimate of drug-likeness (QED) is 0.644. The molecular weight excluding hydrogens is 347 g/mol. The van der Waals surface area contributed by atoms with E-state index in [1.165, 1.54) is 6.07 Å². The number of hydrogen-bond donors (Lipinski definition) is 0. The van der Waals surface area contributed by atoms with Crippen LogP contribution in [-0.2, 0) is 17.7 Å². The minimum Gasteiger partial charge on any atom is -0.378 e. The maximum absolute atomic E-state index is 13.5. The Morgan fingerprint density at radius 1 is 1.19 bits per heavy atom. The number of pyridine rings is 1. The van der Waals surface area contributed by atoms with Gasteiger partial charge in [0.05, 0.1) is 25.5 Å². The van der Waals surface area contributed by atoms with Crippen molar-refractivity contribution < 1.29 is 9.13 Å². The fourth-order valence-corrected chi connectivity index (χ4v) is 3.19. The first-order chi connectivity index (χ1) is 13.2. The van der Waals surface area contributed by atoms with Crippen LogP contribution < -0.4 is 4.90 Å². The summed E-state index contributed by atoms with van der Waals surface area (Å²) in [5.74, 6) is 0.970. The first-order valence-electron chi connectivity index (χ1n) is 9.07. The second-order valence-electron chi connectivity index (χ2n) is 6.35. The molecule has 4 rings (SSSR count). The summed E-state index contributed by atoms with van der Waals surface area (Å²) in [5, 5.41) is 8.90. The van der Waals surface area contributed by atoms with Crippen molar-refractivity contribution in [1.29, 1.82) is 0 Å². The van der Waals surface area contributed by atoms with Crippen molar-refractivity contribution in [1.82, 2.24) is 24.7 Å². The molecule has 1 fully saturated rings. The van der Waals surface area contributed by atoms with Crippen LogP contribution in [0.2, 0.25) is 0 Å². The molecule has 0 N–H and O–H groups in total. The molecule has 4 heterocycles. The standard InChI is InChI=1S/C19H21FN6O/c1-2-14-12-18(25-8-10-27-11-9-25)24-23-16(14)13-26-7-6-21-19(26)15-4-3-5-17(20)22-15/h3-7,12H,2,8-11,13H2,1H3. The van der Waals surface area contributed by atoms with E-state index in [9.17, 15) is 4.39 Å². The van der Waals surface area contributed by atoms with Crippen LogP contribution >= 0.6 is 0 Å². The normalized spacial score (nSPS) is 14.5. The van der Waals surface area contributed by atoms with Gasteiger partial charge in [-0.25, -0.2) is 9.97 Å². The Morgan fingerprint density at radius 3 is 2.81 bits per heavy atom. The molecule has 0 saturated carbocycles. The summed E-state index contributed by atoms with van der Waals surface area (Å²) in [5.41, 5.74) is 2.51. The monoisotopic (exact) mass is 368 g/mol. The Morgan fingerprint density at radius 2 is 2.04 bits per heavy atom. The molecule has 0 amide bonds. The van der Waals surface area contributed by atoms with Crippen LogP contribution in [-0.4, -0.2) is 51.0 Å². The Bertz CT molecular complexity index is 922. The molecule has 0 aliphatic carbocycles. The first-order valence-corrected chi connectivity index (χ1v) is 9.07. The molecular formula is C19H21FN6O. The third-order valence-electron chi connectivity index (χ3n) is 4.64. The lowest BCUT2D eigenvalue weighted by Gasteiger charge is -2.27. The van der Waals surface area contributed by atoms with Gasteiger partial charge in [0.15, 0.2) is 11.6 Å². The van der Waals surface area contributed by atoms with Crippen LogP contribution in [0.4, 0.5) is 10.2 Å². The molecule has 7 nitrogen and oxygen atoms in total. The van der Waals surface area contributed by atoms with Crippen LogP contribution in [0.15, 0.2) is 36.7 Å². The average Bonchev–Trinajstić information content (AvgIpc) is 3.17. The number of ether oxygens (including phenoxy) is 1. The molecule has 0 unspecified atom stereocenters. The number of aromatic nitrogens is 5. The number of imidazole rings is 1. The number of rotatable bonds is 5. The van der Waals surface area contributed by atoms with Crippen molar-refractivity contribution in [2.45, 2.75) is 19.9 Å². The zero-order valence-electron chi connectivity index (χ0n) is 15.2. The summed E-state index contributed by atoms with van der Waals surface area (Å²) in [6.07, 6.45) is 4.38. The molecule has 0 atom stereocenters. The maximum atomic E-state index is 13.5. The lowest BCUT2D eigenvalue weighted by Crippen LogP contribution is -2.37. The summed E-state index contributed by atoms with van der Waals surface area (Å²) in [7, 11) is 0. The van der Waals surface area contributed by atoms with Crippen LogP contribution in [0, 0.1) is 5.95 Å². The molecule has 27 heavy (non-hydrogen) atoms. The molecule has 1 saturated heterocycles. The summed E-state index contributed by atoms with van der Waals surface area (Å²) >= 11 is 0. The van der Waals surface area contributed by atoms with Gasteiger partial charge in [-0.3, -0.25) is 0 Å². The molecule has 1 aliphatic rings. The van der Waals surface area contributed by atoms with Gasteiger partial charge in [-0.2, -0.15) is 9.49 Å². The van der Waals surface area contributed by atoms with Crippen LogP contribution in [0.3, 0.4) is 0 Å². The van der Waals surface area contributed by atoms with E-state index in [4.69, 9.17) is 4.74 Å². The first kappa shape index (κ1) is 17.5. The largest absolute Gasteiger partial charge is 0.378 e. The number of halogens is 1. The molecule has 0 radical (unpaired) electrons. The van der Waals surface area contributed by atoms with Crippen LogP contribution in [0.5, 0.6) is 0 Å². The molecule has 8 heteroatoms. The average molecular weight is 368 g/mol. The Kier molecular flexibility index (Phi) is 5.06. The SMILES string of the molecule is CCc1cc(N2CCOCC2)nnc1Cn1ccnc1-c1cccc(F)n1. The number of nitrogens with zero attached hydrogens (tertiary/aromatic N) is 6. The van der Waals surface area contributed by atoms with Gasteiger partial charge in [0, 0.05) is 25.5 Å². The molecule has 1 aliphatic heterocycles. The molecule has 3 aromatic rings. The lowest BCUT2D eigenvalue weighted by atomic mass is 10.1. The zero-order valence-corrected chi connectivity index (χ0v) is 15.2. The fraction of sp³-hybridized carbons (Fsp3) is 0.368. The maximum Gasteiger partial charge on any atom is 0.213 e. The minimum absolute atomic E-state index is 0.496. The van der Waals surface area contributed by atoms with E-state index in [-0.39, 0.29) is 0 Å². The van der Waals surface area contributed by atoms with Gasteiger partial charge in [0.2, 0.25) is 5.95 Å². The third-order valence-corrected chi connectivity index (χ3v) is 4.64. The molecule has 3 aromatic heterocycles. The molecule has 0 bridgehead atoms. The molecule has 140 valence electrons. The van der Waals surface area contributed by atoms with Gasteiger partial charge < -0.3 is 14.2 Å². The lowest BCUT2D eigenvalue weighted by molar-refractivity contribution is 0.122. The number of anilines is 1. The second kappa shape index (κ2) is 7.79. The summed E-state index contributed by atoms with van der Waals surface area (Å²) in [6.45, 7) is 5.69.